The summed E-state index contributed by atoms with van der Waals surface area (Å²) < 4.78 is 36.9. The second-order valence-corrected chi connectivity index (χ2v) is 9.84. The number of halogens is 2. The molecule has 0 radical (unpaired) electrons. The Morgan fingerprint density at radius 3 is 2.55 bits per heavy atom. The van der Waals surface area contributed by atoms with Crippen LogP contribution in [0.15, 0.2) is 53.5 Å². The van der Waals surface area contributed by atoms with Gasteiger partial charge in [-0.3, -0.25) is 4.79 Å². The molecule has 0 saturated heterocycles. The Hall–Kier alpha value is -2.91. The minimum Gasteiger partial charge on any atom is -0.328 e. The molecule has 3 aromatic rings. The van der Waals surface area contributed by atoms with Crippen LogP contribution in [0.5, 0.6) is 0 Å². The summed E-state index contributed by atoms with van der Waals surface area (Å²) in [4.78, 5) is 29.2. The summed E-state index contributed by atoms with van der Waals surface area (Å²) in [6, 6.07) is 9.52. The van der Waals surface area contributed by atoms with Crippen molar-refractivity contribution in [3.8, 4) is 0 Å². The van der Waals surface area contributed by atoms with Gasteiger partial charge in [0.2, 0.25) is 0 Å². The molecule has 164 valence electrons. The van der Waals surface area contributed by atoms with Gasteiger partial charge in [-0.2, -0.15) is 0 Å². The minimum atomic E-state index is -3.35. The Balaban J connectivity index is 1.98. The molecule has 0 saturated carbocycles. The summed E-state index contributed by atoms with van der Waals surface area (Å²) in [5, 5.41) is 3.59. The highest BCUT2D eigenvalue weighted by atomic mass is 35.5. The molecule has 10 heteroatoms. The number of rotatable bonds is 6. The van der Waals surface area contributed by atoms with Gasteiger partial charge in [-0.1, -0.05) is 29.8 Å². The third kappa shape index (κ3) is 5.42. The topological polar surface area (TPSA) is 99.3 Å². The van der Waals surface area contributed by atoms with E-state index in [1.54, 1.807) is 31.2 Å². The second kappa shape index (κ2) is 9.07. The number of hydrogen-bond donors (Lipinski definition) is 2. The molecule has 0 aliphatic heterocycles. The fourth-order valence-electron chi connectivity index (χ4n) is 3.25. The van der Waals surface area contributed by atoms with Crippen LogP contribution in [0.2, 0.25) is 5.02 Å². The van der Waals surface area contributed by atoms with Crippen molar-refractivity contribution in [2.45, 2.75) is 13.0 Å². The van der Waals surface area contributed by atoms with E-state index in [-0.39, 0.29) is 28.6 Å². The van der Waals surface area contributed by atoms with E-state index in [0.717, 1.165) is 12.3 Å². The van der Waals surface area contributed by atoms with E-state index in [4.69, 9.17) is 11.6 Å². The lowest BCUT2D eigenvalue weighted by Gasteiger charge is -2.30. The summed E-state index contributed by atoms with van der Waals surface area (Å²) in [6.07, 6.45) is 2.60. The lowest BCUT2D eigenvalue weighted by atomic mass is 10.0. The fourth-order valence-corrected chi connectivity index (χ4v) is 3.96. The van der Waals surface area contributed by atoms with Gasteiger partial charge >= 0.3 is 6.03 Å². The largest absolute Gasteiger partial charge is 0.328 e. The van der Waals surface area contributed by atoms with Crippen LogP contribution in [0, 0.1) is 5.82 Å². The summed E-state index contributed by atoms with van der Waals surface area (Å²) in [6.45, 7) is 1.65. The normalized spacial score (nSPS) is 12.5. The van der Waals surface area contributed by atoms with E-state index in [0.29, 0.717) is 16.3 Å². The molecular weight excluding hydrogens is 445 g/mol. The van der Waals surface area contributed by atoms with Crippen LogP contribution in [0.3, 0.4) is 0 Å². The first-order valence-corrected chi connectivity index (χ1v) is 11.8. The van der Waals surface area contributed by atoms with Gasteiger partial charge in [0.05, 0.1) is 16.8 Å². The molecule has 1 atom stereocenters. The summed E-state index contributed by atoms with van der Waals surface area (Å²) in [5.41, 5.74) is 0.648. The van der Waals surface area contributed by atoms with Gasteiger partial charge in [0, 0.05) is 30.1 Å². The highest BCUT2D eigenvalue weighted by Gasteiger charge is 2.25. The molecule has 31 heavy (non-hydrogen) atoms. The molecule has 2 amide bonds. The molecular formula is C21H21ClFN3O4S. The summed E-state index contributed by atoms with van der Waals surface area (Å²) in [5.74, 6) is -0.877. The average molecular weight is 466 g/mol. The summed E-state index contributed by atoms with van der Waals surface area (Å²) >= 11 is 5.78. The SMILES string of the molecule is C[C@H](c1c[nH]c(=O)c2ccccc12)N(CCS(C)(=O)=O)C(=O)Nc1ccc(F)c(Cl)c1. The van der Waals surface area contributed by atoms with E-state index in [9.17, 15) is 22.4 Å². The first-order valence-electron chi connectivity index (χ1n) is 9.37. The number of carbonyl (C=O) groups excluding carboxylic acids is 1. The van der Waals surface area contributed by atoms with Crippen LogP contribution >= 0.6 is 11.6 Å². The van der Waals surface area contributed by atoms with Gasteiger partial charge in [-0.25, -0.2) is 17.6 Å². The van der Waals surface area contributed by atoms with Crippen molar-refractivity contribution in [3.05, 3.63) is 75.4 Å². The number of aromatic amines is 1. The molecule has 0 bridgehead atoms. The second-order valence-electron chi connectivity index (χ2n) is 7.18. The van der Waals surface area contributed by atoms with Gasteiger partial charge in [0.25, 0.3) is 5.56 Å². The zero-order chi connectivity index (χ0) is 22.8. The van der Waals surface area contributed by atoms with E-state index in [2.05, 4.69) is 10.3 Å². The maximum absolute atomic E-state index is 13.4. The Morgan fingerprint density at radius 1 is 1.23 bits per heavy atom. The van der Waals surface area contributed by atoms with Crippen LogP contribution in [-0.4, -0.2) is 42.9 Å². The molecule has 2 N–H and O–H groups in total. The van der Waals surface area contributed by atoms with E-state index >= 15 is 0 Å². The number of sulfone groups is 1. The molecule has 3 rings (SSSR count). The predicted molar refractivity (Wildman–Crippen MR) is 120 cm³/mol. The smallest absolute Gasteiger partial charge is 0.322 e. The third-order valence-electron chi connectivity index (χ3n) is 4.89. The van der Waals surface area contributed by atoms with Crippen molar-refractivity contribution in [1.29, 1.82) is 0 Å². The highest BCUT2D eigenvalue weighted by Crippen LogP contribution is 2.27. The maximum atomic E-state index is 13.4. The molecule has 1 aromatic heterocycles. The van der Waals surface area contributed by atoms with Crippen molar-refractivity contribution < 1.29 is 17.6 Å². The lowest BCUT2D eigenvalue weighted by molar-refractivity contribution is 0.197. The molecule has 1 heterocycles. The monoisotopic (exact) mass is 465 g/mol. The number of pyridine rings is 1. The van der Waals surface area contributed by atoms with Gasteiger partial charge in [-0.05, 0) is 42.1 Å². The Bertz CT molecular complexity index is 1290. The number of fused-ring (bicyclic) bond motifs is 1. The Morgan fingerprint density at radius 2 is 1.90 bits per heavy atom. The van der Waals surface area contributed by atoms with Crippen molar-refractivity contribution in [2.75, 3.05) is 23.9 Å². The van der Waals surface area contributed by atoms with Gasteiger partial charge in [0.15, 0.2) is 0 Å². The number of benzene rings is 2. The number of nitrogens with one attached hydrogen (secondary N) is 2. The van der Waals surface area contributed by atoms with Crippen molar-refractivity contribution >= 4 is 43.9 Å². The zero-order valence-electron chi connectivity index (χ0n) is 16.9. The van der Waals surface area contributed by atoms with Gasteiger partial charge in [0.1, 0.15) is 15.7 Å². The Kier molecular flexibility index (Phi) is 6.66. The number of H-pyrrole nitrogens is 1. The number of carbonyl (C=O) groups is 1. The van der Waals surface area contributed by atoms with Crippen LogP contribution in [-0.2, 0) is 9.84 Å². The first-order chi connectivity index (χ1) is 14.6. The number of hydrogen-bond acceptors (Lipinski definition) is 4. The van der Waals surface area contributed by atoms with Crippen LogP contribution < -0.4 is 10.9 Å². The number of aromatic nitrogens is 1. The van der Waals surface area contributed by atoms with E-state index < -0.39 is 27.7 Å². The Labute approximate surface area is 183 Å². The highest BCUT2D eigenvalue weighted by molar-refractivity contribution is 7.90. The number of nitrogens with zero attached hydrogens (tertiary/aromatic N) is 1. The zero-order valence-corrected chi connectivity index (χ0v) is 18.4. The third-order valence-corrected chi connectivity index (χ3v) is 6.11. The molecule has 0 fully saturated rings. The van der Waals surface area contributed by atoms with Crippen LogP contribution in [0.4, 0.5) is 14.9 Å². The van der Waals surface area contributed by atoms with Crippen LogP contribution in [0.1, 0.15) is 18.5 Å². The molecule has 7 nitrogen and oxygen atoms in total. The average Bonchev–Trinajstić information content (AvgIpc) is 2.70. The van der Waals surface area contributed by atoms with Crippen molar-refractivity contribution in [1.82, 2.24) is 9.88 Å². The molecule has 0 aliphatic carbocycles. The van der Waals surface area contributed by atoms with Gasteiger partial charge < -0.3 is 15.2 Å². The van der Waals surface area contributed by atoms with E-state index in [1.807, 2.05) is 0 Å². The minimum absolute atomic E-state index is 0.0891. The summed E-state index contributed by atoms with van der Waals surface area (Å²) in [7, 11) is -3.35. The standard InChI is InChI=1S/C21H21ClFN3O4S/c1-13(17-12-24-20(27)16-6-4-3-5-15(16)17)26(9-10-31(2,29)30)21(28)25-14-7-8-19(23)18(22)11-14/h3-8,11-13H,9-10H2,1-2H3,(H,24,27)(H,25,28)/t13-/m1/s1. The van der Waals surface area contributed by atoms with E-state index in [1.165, 1.54) is 23.2 Å². The lowest BCUT2D eigenvalue weighted by Crippen LogP contribution is -2.40. The molecule has 0 spiro atoms. The quantitative estimate of drug-likeness (QED) is 0.575. The predicted octanol–water partition coefficient (Wildman–Crippen LogP) is 3.96. The fraction of sp³-hybridized carbons (Fsp3) is 0.238. The van der Waals surface area contributed by atoms with Crippen LogP contribution in [0.25, 0.3) is 10.8 Å². The molecule has 0 aliphatic rings. The van der Waals surface area contributed by atoms with Crippen molar-refractivity contribution in [3.63, 3.8) is 0 Å². The van der Waals surface area contributed by atoms with Gasteiger partial charge in [-0.15, -0.1) is 0 Å². The number of amides is 2. The number of urea groups is 1. The first kappa shape index (κ1) is 22.8. The molecule has 2 aromatic carbocycles. The van der Waals surface area contributed by atoms with Crippen molar-refractivity contribution in [2.24, 2.45) is 0 Å². The maximum Gasteiger partial charge on any atom is 0.322 e. The number of anilines is 1. The molecule has 0 unspecified atom stereocenters.